The number of rotatable bonds is 3. The highest BCUT2D eigenvalue weighted by Gasteiger charge is 2.32. The Hall–Kier alpha value is -1.53. The topological polar surface area (TPSA) is 42.8 Å². The van der Waals surface area contributed by atoms with Crippen molar-refractivity contribution in [1.29, 1.82) is 0 Å². The van der Waals surface area contributed by atoms with Gasteiger partial charge >= 0.3 is 0 Å². The minimum absolute atomic E-state index is 0.0993. The van der Waals surface area contributed by atoms with Gasteiger partial charge in [0, 0.05) is 11.8 Å². The Morgan fingerprint density at radius 3 is 2.48 bits per heavy atom. The largest absolute Gasteiger partial charge is 0.364 e. The highest BCUT2D eigenvalue weighted by atomic mass is 19.2. The first kappa shape index (κ1) is 15.9. The molecule has 1 aromatic rings. The Morgan fingerprint density at radius 2 is 1.90 bits per heavy atom. The average Bonchev–Trinajstić information content (AvgIpc) is 2.41. The molecule has 1 amide bonds. The molecule has 2 rings (SSSR count). The number of benzene rings is 1. The highest BCUT2D eigenvalue weighted by molar-refractivity contribution is 5.93. The number of ether oxygens (including phenoxy) is 1. The lowest BCUT2D eigenvalue weighted by molar-refractivity contribution is -0.928. The van der Waals surface area contributed by atoms with Gasteiger partial charge < -0.3 is 15.0 Å². The van der Waals surface area contributed by atoms with Gasteiger partial charge in [0.25, 0.3) is 5.91 Å². The summed E-state index contributed by atoms with van der Waals surface area (Å²) in [6, 6.07) is 3.05. The summed E-state index contributed by atoms with van der Waals surface area (Å²) >= 11 is 0. The van der Waals surface area contributed by atoms with Crippen LogP contribution in [0.3, 0.4) is 0 Å². The van der Waals surface area contributed by atoms with Crippen molar-refractivity contribution in [2.45, 2.75) is 39.0 Å². The van der Waals surface area contributed by atoms with Crippen molar-refractivity contribution in [3.05, 3.63) is 29.8 Å². The van der Waals surface area contributed by atoms with Crippen molar-refractivity contribution in [2.24, 2.45) is 0 Å². The maximum absolute atomic E-state index is 13.1. The van der Waals surface area contributed by atoms with Crippen molar-refractivity contribution in [1.82, 2.24) is 0 Å². The third-order valence-electron chi connectivity index (χ3n) is 3.76. The lowest BCUT2D eigenvalue weighted by atomic mass is 10.1. The number of nitrogens with one attached hydrogen (secondary N) is 2. The highest BCUT2D eigenvalue weighted by Crippen LogP contribution is 2.13. The van der Waals surface area contributed by atoms with E-state index in [0.717, 1.165) is 30.1 Å². The molecule has 0 saturated carbocycles. The van der Waals surface area contributed by atoms with Crippen LogP contribution in [0.2, 0.25) is 0 Å². The molecule has 21 heavy (non-hydrogen) atoms. The van der Waals surface area contributed by atoms with Crippen molar-refractivity contribution < 1.29 is 23.2 Å². The minimum atomic E-state index is -0.971. The first-order chi connectivity index (χ1) is 9.86. The first-order valence-corrected chi connectivity index (χ1v) is 7.12. The van der Waals surface area contributed by atoms with Gasteiger partial charge in [0.05, 0.1) is 0 Å². The van der Waals surface area contributed by atoms with Gasteiger partial charge in [-0.05, 0) is 32.9 Å². The third kappa shape index (κ3) is 3.98. The fourth-order valence-corrected chi connectivity index (χ4v) is 2.68. The molecule has 116 valence electrons. The van der Waals surface area contributed by atoms with Crippen LogP contribution < -0.4 is 10.2 Å². The zero-order chi connectivity index (χ0) is 15.6. The summed E-state index contributed by atoms with van der Waals surface area (Å²) in [5, 5.41) is 2.63. The summed E-state index contributed by atoms with van der Waals surface area (Å²) in [4.78, 5) is 13.4. The lowest BCUT2D eigenvalue weighted by Crippen LogP contribution is -3.19. The number of hydrogen-bond acceptors (Lipinski definition) is 2. The zero-order valence-corrected chi connectivity index (χ0v) is 12.5. The number of hydrogen-bond donors (Lipinski definition) is 2. The number of anilines is 1. The van der Waals surface area contributed by atoms with E-state index in [1.807, 2.05) is 20.8 Å². The van der Waals surface area contributed by atoms with Crippen molar-refractivity contribution in [2.75, 3.05) is 18.4 Å². The van der Waals surface area contributed by atoms with Gasteiger partial charge in [-0.1, -0.05) is 0 Å². The fraction of sp³-hybridized carbons (Fsp3) is 0.533. The molecule has 6 heteroatoms. The Bertz CT molecular complexity index is 514. The summed E-state index contributed by atoms with van der Waals surface area (Å²) in [7, 11) is 0. The normalized spacial score (nSPS) is 27.2. The van der Waals surface area contributed by atoms with Crippen LogP contribution in [0.5, 0.6) is 0 Å². The maximum atomic E-state index is 13.1. The SMILES string of the molecule is C[C@@H]1C[NH+]([C@@H](C)C(=O)Nc2ccc(F)c(F)c2)C[C@H](C)O1. The number of halogens is 2. The van der Waals surface area contributed by atoms with Crippen LogP contribution in [0.1, 0.15) is 20.8 Å². The molecular formula is C15H21F2N2O2+. The van der Waals surface area contributed by atoms with E-state index < -0.39 is 11.6 Å². The van der Waals surface area contributed by atoms with Gasteiger partial charge in [-0.2, -0.15) is 0 Å². The number of carbonyl (C=O) groups is 1. The van der Waals surface area contributed by atoms with Crippen molar-refractivity contribution in [3.63, 3.8) is 0 Å². The monoisotopic (exact) mass is 299 g/mol. The summed E-state index contributed by atoms with van der Waals surface area (Å²) in [6.45, 7) is 7.29. The summed E-state index contributed by atoms with van der Waals surface area (Å²) in [5.41, 5.74) is 0.263. The molecular weight excluding hydrogens is 278 g/mol. The summed E-state index contributed by atoms with van der Waals surface area (Å²) < 4.78 is 31.7. The van der Waals surface area contributed by atoms with Crippen LogP contribution in [0.15, 0.2) is 18.2 Å². The first-order valence-electron chi connectivity index (χ1n) is 7.12. The maximum Gasteiger partial charge on any atom is 0.282 e. The summed E-state index contributed by atoms with van der Waals surface area (Å²) in [5.74, 6) is -2.11. The fourth-order valence-electron chi connectivity index (χ4n) is 2.68. The number of carbonyl (C=O) groups excluding carboxylic acids is 1. The second-order valence-corrected chi connectivity index (χ2v) is 5.66. The lowest BCUT2D eigenvalue weighted by Gasteiger charge is -2.35. The molecule has 0 bridgehead atoms. The molecule has 4 atom stereocenters. The predicted octanol–water partition coefficient (Wildman–Crippen LogP) is 0.984. The smallest absolute Gasteiger partial charge is 0.282 e. The molecule has 0 radical (unpaired) electrons. The molecule has 2 N–H and O–H groups in total. The third-order valence-corrected chi connectivity index (χ3v) is 3.76. The standard InChI is InChI=1S/C15H20F2N2O2/c1-9-7-19(8-10(2)21-9)11(3)15(20)18-12-4-5-13(16)14(17)6-12/h4-6,9-11H,7-8H2,1-3H3,(H,18,20)/p+1/t9-,10+,11-/m0/s1. The van der Waals surface area contributed by atoms with Crippen LogP contribution in [0.25, 0.3) is 0 Å². The molecule has 1 heterocycles. The van der Waals surface area contributed by atoms with Gasteiger partial charge in [-0.15, -0.1) is 0 Å². The molecule has 1 aliphatic rings. The van der Waals surface area contributed by atoms with Crippen molar-refractivity contribution in [3.8, 4) is 0 Å². The number of quaternary nitrogens is 1. The van der Waals surface area contributed by atoms with E-state index in [-0.39, 0.29) is 29.8 Å². The van der Waals surface area contributed by atoms with E-state index in [9.17, 15) is 13.6 Å². The molecule has 0 spiro atoms. The van der Waals surface area contributed by atoms with Crippen LogP contribution in [0.4, 0.5) is 14.5 Å². The van der Waals surface area contributed by atoms with Gasteiger partial charge in [-0.3, -0.25) is 4.79 Å². The Balaban J connectivity index is 2.00. The Morgan fingerprint density at radius 1 is 1.29 bits per heavy atom. The molecule has 4 nitrogen and oxygen atoms in total. The molecule has 1 aliphatic heterocycles. The van der Waals surface area contributed by atoms with Gasteiger partial charge in [0.2, 0.25) is 0 Å². The van der Waals surface area contributed by atoms with E-state index >= 15 is 0 Å². The second kappa shape index (κ2) is 6.49. The van der Waals surface area contributed by atoms with Crippen LogP contribution >= 0.6 is 0 Å². The van der Waals surface area contributed by atoms with Gasteiger partial charge in [-0.25, -0.2) is 8.78 Å². The number of morpholine rings is 1. The van der Waals surface area contributed by atoms with Gasteiger partial charge in [0.15, 0.2) is 17.7 Å². The predicted molar refractivity (Wildman–Crippen MR) is 75.2 cm³/mol. The van der Waals surface area contributed by atoms with E-state index in [0.29, 0.717) is 0 Å². The second-order valence-electron chi connectivity index (χ2n) is 5.66. The van der Waals surface area contributed by atoms with Gasteiger partial charge in [0.1, 0.15) is 25.3 Å². The van der Waals surface area contributed by atoms with E-state index in [2.05, 4.69) is 5.32 Å². The van der Waals surface area contributed by atoms with Crippen LogP contribution in [-0.4, -0.2) is 37.2 Å². The molecule has 0 aliphatic carbocycles. The molecule has 1 fully saturated rings. The summed E-state index contributed by atoms with van der Waals surface area (Å²) in [6.07, 6.45) is 0.199. The minimum Gasteiger partial charge on any atom is -0.364 e. The zero-order valence-electron chi connectivity index (χ0n) is 12.5. The average molecular weight is 299 g/mol. The van der Waals surface area contributed by atoms with E-state index in [1.165, 1.54) is 6.07 Å². The van der Waals surface area contributed by atoms with E-state index in [4.69, 9.17) is 4.74 Å². The van der Waals surface area contributed by atoms with Crippen LogP contribution in [0, 0.1) is 11.6 Å². The quantitative estimate of drug-likeness (QED) is 0.874. The molecule has 1 saturated heterocycles. The Labute approximate surface area is 123 Å². The Kier molecular flexibility index (Phi) is 4.90. The number of amides is 1. The van der Waals surface area contributed by atoms with Crippen LogP contribution in [-0.2, 0) is 9.53 Å². The molecule has 1 unspecified atom stereocenters. The van der Waals surface area contributed by atoms with E-state index in [1.54, 1.807) is 0 Å². The molecule has 1 aromatic carbocycles. The van der Waals surface area contributed by atoms with Crippen molar-refractivity contribution >= 4 is 11.6 Å². The molecule has 0 aromatic heterocycles.